The molecule has 0 saturated heterocycles. The summed E-state index contributed by atoms with van der Waals surface area (Å²) in [6, 6.07) is -0.396. The topological polar surface area (TPSA) is 41.8 Å². The van der Waals surface area contributed by atoms with Crippen molar-refractivity contribution in [1.82, 2.24) is 0 Å². The maximum Gasteiger partial charge on any atom is 0.367 e. The van der Waals surface area contributed by atoms with Crippen LogP contribution in [0, 0.1) is 0 Å². The van der Waals surface area contributed by atoms with E-state index in [1.807, 2.05) is 18.2 Å². The highest BCUT2D eigenvalue weighted by molar-refractivity contribution is 6.24. The van der Waals surface area contributed by atoms with Gasteiger partial charge in [-0.15, -0.1) is 0 Å². The minimum atomic E-state index is -0.396. The second-order valence-electron chi connectivity index (χ2n) is 2.35. The summed E-state index contributed by atoms with van der Waals surface area (Å²) in [6.45, 7) is 0. The lowest BCUT2D eigenvalue weighted by atomic mass is 10.0. The molecule has 0 aromatic carbocycles. The fourth-order valence-electron chi connectivity index (χ4n) is 1.06. The van der Waals surface area contributed by atoms with Crippen LogP contribution in [-0.4, -0.2) is 18.0 Å². The van der Waals surface area contributed by atoms with Gasteiger partial charge in [-0.25, -0.2) is 4.79 Å². The van der Waals surface area contributed by atoms with E-state index in [0.29, 0.717) is 0 Å². The van der Waals surface area contributed by atoms with E-state index < -0.39 is 6.03 Å². The van der Waals surface area contributed by atoms with Crippen LogP contribution < -0.4 is 0 Å². The van der Waals surface area contributed by atoms with E-state index in [0.717, 1.165) is 17.7 Å². The lowest BCUT2D eigenvalue weighted by Gasteiger charge is -2.09. The molecule has 0 saturated carbocycles. The number of nitrogens with zero attached hydrogens (tertiary/aromatic N) is 2. The molecule has 0 spiro atoms. The van der Waals surface area contributed by atoms with Crippen molar-refractivity contribution < 1.29 is 4.79 Å². The molecule has 2 rings (SSSR count). The van der Waals surface area contributed by atoms with Crippen molar-refractivity contribution in [3.05, 3.63) is 23.8 Å². The monoisotopic (exact) mass is 146 g/mol. The average molecular weight is 146 g/mol. The number of hydrogen-bond acceptors (Lipinski definition) is 1. The molecule has 0 atom stereocenters. The van der Waals surface area contributed by atoms with Gasteiger partial charge in [0.1, 0.15) is 0 Å². The Labute approximate surface area is 63.9 Å². The van der Waals surface area contributed by atoms with E-state index >= 15 is 0 Å². The molecule has 3 nitrogen and oxygen atoms in total. The number of allylic oxidation sites excluding steroid dienone is 4. The lowest BCUT2D eigenvalue weighted by Crippen LogP contribution is -2.12. The number of fused-ring (bicyclic) bond motifs is 1. The molecule has 1 aliphatic heterocycles. The van der Waals surface area contributed by atoms with E-state index in [9.17, 15) is 4.79 Å². The zero-order valence-electron chi connectivity index (χ0n) is 5.82. The zero-order valence-corrected chi connectivity index (χ0v) is 5.82. The molecule has 54 valence electrons. The second-order valence-corrected chi connectivity index (χ2v) is 2.35. The number of hydrogen-bond donors (Lipinski definition) is 0. The van der Waals surface area contributed by atoms with Crippen molar-refractivity contribution in [2.75, 3.05) is 0 Å². The van der Waals surface area contributed by atoms with Crippen LogP contribution in [0.5, 0.6) is 0 Å². The van der Waals surface area contributed by atoms with Crippen molar-refractivity contribution in [3.63, 3.8) is 0 Å². The smallest absolute Gasteiger partial charge is 0.244 e. The van der Waals surface area contributed by atoms with Crippen LogP contribution in [0.3, 0.4) is 0 Å². The Morgan fingerprint density at radius 2 is 2.36 bits per heavy atom. The third-order valence-corrected chi connectivity index (χ3v) is 1.60. The lowest BCUT2D eigenvalue weighted by molar-refractivity contribution is 0.257. The van der Waals surface area contributed by atoms with Gasteiger partial charge in [0.25, 0.3) is 0 Å². The summed E-state index contributed by atoms with van der Waals surface area (Å²) in [6.07, 6.45) is 8.11. The molecule has 11 heavy (non-hydrogen) atoms. The minimum absolute atomic E-state index is 0.396. The van der Waals surface area contributed by atoms with Gasteiger partial charge in [-0.05, 0) is 0 Å². The summed E-state index contributed by atoms with van der Waals surface area (Å²) in [4.78, 5) is 18.0. The van der Waals surface area contributed by atoms with Crippen molar-refractivity contribution >= 4 is 18.0 Å². The van der Waals surface area contributed by atoms with Crippen molar-refractivity contribution in [2.24, 2.45) is 9.98 Å². The van der Waals surface area contributed by atoms with Gasteiger partial charge in [0.15, 0.2) is 0 Å². The van der Waals surface area contributed by atoms with Gasteiger partial charge in [-0.1, -0.05) is 18.2 Å². The van der Waals surface area contributed by atoms with Crippen LogP contribution in [0.25, 0.3) is 0 Å². The highest BCUT2D eigenvalue weighted by atomic mass is 16.2. The molecule has 0 aromatic rings. The molecule has 1 aliphatic carbocycles. The van der Waals surface area contributed by atoms with Crippen molar-refractivity contribution in [2.45, 2.75) is 6.42 Å². The summed E-state index contributed by atoms with van der Waals surface area (Å²) in [7, 11) is 0. The van der Waals surface area contributed by atoms with Crippen LogP contribution in [0.15, 0.2) is 33.8 Å². The summed E-state index contributed by atoms with van der Waals surface area (Å²) in [5.41, 5.74) is 1.78. The number of carbonyl (C=O) groups is 1. The van der Waals surface area contributed by atoms with Gasteiger partial charge in [-0.2, -0.15) is 9.98 Å². The molecule has 0 N–H and O–H groups in total. The second kappa shape index (κ2) is 2.27. The van der Waals surface area contributed by atoms with Gasteiger partial charge >= 0.3 is 6.03 Å². The first-order valence-electron chi connectivity index (χ1n) is 3.39. The van der Waals surface area contributed by atoms with Crippen molar-refractivity contribution in [3.8, 4) is 0 Å². The molecule has 2 amide bonds. The first kappa shape index (κ1) is 6.22. The maximum absolute atomic E-state index is 10.7. The van der Waals surface area contributed by atoms with E-state index in [2.05, 4.69) is 9.98 Å². The highest BCUT2D eigenvalue weighted by Crippen LogP contribution is 2.11. The summed E-state index contributed by atoms with van der Waals surface area (Å²) in [5, 5.41) is 0. The first-order valence-corrected chi connectivity index (χ1v) is 3.39. The molecule has 3 heteroatoms. The molecule has 0 radical (unpaired) electrons. The number of amides is 2. The Hall–Kier alpha value is -1.51. The van der Waals surface area contributed by atoms with Crippen LogP contribution >= 0.6 is 0 Å². The average Bonchev–Trinajstić information content (AvgIpc) is 2.04. The first-order chi connectivity index (χ1) is 5.36. The molecule has 0 unspecified atom stereocenters. The van der Waals surface area contributed by atoms with Gasteiger partial charge in [0, 0.05) is 18.2 Å². The Morgan fingerprint density at radius 1 is 1.45 bits per heavy atom. The van der Waals surface area contributed by atoms with E-state index in [-0.39, 0.29) is 0 Å². The van der Waals surface area contributed by atoms with Crippen LogP contribution in [0.1, 0.15) is 6.42 Å². The highest BCUT2D eigenvalue weighted by Gasteiger charge is 2.12. The molecular weight excluding hydrogens is 140 g/mol. The fourth-order valence-corrected chi connectivity index (χ4v) is 1.06. The predicted octanol–water partition coefficient (Wildman–Crippen LogP) is 1.52. The van der Waals surface area contributed by atoms with E-state index in [1.165, 1.54) is 0 Å². The van der Waals surface area contributed by atoms with E-state index in [1.54, 1.807) is 6.21 Å². The van der Waals surface area contributed by atoms with Crippen LogP contribution in [0.4, 0.5) is 4.79 Å². The normalized spacial score (nSPS) is 20.9. The standard InChI is InChI=1S/C8H6N2O/c11-8-9-5-6-3-1-2-4-7(6)10-8/h1-3,5H,4H2. The third kappa shape index (κ3) is 1.05. The molecule has 0 aromatic heterocycles. The third-order valence-electron chi connectivity index (χ3n) is 1.60. The summed E-state index contributed by atoms with van der Waals surface area (Å²) in [5.74, 6) is 0. The summed E-state index contributed by atoms with van der Waals surface area (Å²) < 4.78 is 0. The Kier molecular flexibility index (Phi) is 1.28. The van der Waals surface area contributed by atoms with Gasteiger partial charge < -0.3 is 0 Å². The Balaban J connectivity index is 2.44. The molecule has 0 bridgehead atoms. The van der Waals surface area contributed by atoms with Crippen molar-refractivity contribution in [1.29, 1.82) is 0 Å². The molecule has 2 aliphatic rings. The maximum atomic E-state index is 10.7. The van der Waals surface area contributed by atoms with Gasteiger partial charge in [0.2, 0.25) is 0 Å². The SMILES string of the molecule is O=C1N=CC2=CC=CCC2=N1. The Bertz CT molecular complexity index is 321. The fraction of sp³-hybridized carbons (Fsp3) is 0.125. The van der Waals surface area contributed by atoms with Gasteiger partial charge in [0.05, 0.1) is 5.71 Å². The van der Waals surface area contributed by atoms with Gasteiger partial charge in [-0.3, -0.25) is 0 Å². The minimum Gasteiger partial charge on any atom is -0.244 e. The predicted molar refractivity (Wildman–Crippen MR) is 43.2 cm³/mol. The zero-order chi connectivity index (χ0) is 7.68. The Morgan fingerprint density at radius 3 is 3.27 bits per heavy atom. The number of carbonyl (C=O) groups excluding carboxylic acids is 1. The number of urea groups is 1. The number of aliphatic imine (C=N–C) groups is 2. The molecule has 1 heterocycles. The van der Waals surface area contributed by atoms with Crippen LogP contribution in [-0.2, 0) is 0 Å². The summed E-state index contributed by atoms with van der Waals surface area (Å²) >= 11 is 0. The largest absolute Gasteiger partial charge is 0.367 e. The van der Waals surface area contributed by atoms with E-state index in [4.69, 9.17) is 0 Å². The number of rotatable bonds is 0. The van der Waals surface area contributed by atoms with Crippen LogP contribution in [0.2, 0.25) is 0 Å². The molecular formula is C8H6N2O. The molecule has 0 fully saturated rings. The quantitative estimate of drug-likeness (QED) is 0.510.